The lowest BCUT2D eigenvalue weighted by Crippen LogP contribution is -2.06. The molecule has 0 saturated carbocycles. The average Bonchev–Trinajstić information content (AvgIpc) is 2.36. The van der Waals surface area contributed by atoms with Crippen LogP contribution in [0.3, 0.4) is 0 Å². The summed E-state index contributed by atoms with van der Waals surface area (Å²) in [5.41, 5.74) is 0.400. The maximum Gasteiger partial charge on any atom is 0.103 e. The molecule has 68 valence electrons. The van der Waals surface area contributed by atoms with Gasteiger partial charge in [0.15, 0.2) is 0 Å². The first-order valence-corrected chi connectivity index (χ1v) is 6.18. The number of nitrogens with zero attached hydrogens (tertiary/aromatic N) is 1. The van der Waals surface area contributed by atoms with E-state index < -0.39 is 0 Å². The molecule has 0 bridgehead atoms. The van der Waals surface area contributed by atoms with Crippen LogP contribution in [0.2, 0.25) is 0 Å². The fourth-order valence-electron chi connectivity index (χ4n) is 0.558. The molecule has 0 aliphatic rings. The van der Waals surface area contributed by atoms with E-state index in [1.807, 2.05) is 17.0 Å². The molecule has 0 aliphatic carbocycles. The van der Waals surface area contributed by atoms with Crippen molar-refractivity contribution in [3.8, 4) is 0 Å². The lowest BCUT2D eigenvalue weighted by molar-refractivity contribution is 0.482. The summed E-state index contributed by atoms with van der Waals surface area (Å²) in [5, 5.41) is 1.13. The van der Waals surface area contributed by atoms with Gasteiger partial charge in [-0.15, -0.1) is 0 Å². The molecule has 0 aliphatic heterocycles. The molecule has 0 aromatic carbocycles. The van der Waals surface area contributed by atoms with E-state index in [9.17, 15) is 0 Å². The topological polar surface area (TPSA) is 28.7 Å². The number of hydrogen-bond donors (Lipinski definition) is 1. The summed E-state index contributed by atoms with van der Waals surface area (Å²) >= 11 is 0. The molecule has 1 aromatic rings. The van der Waals surface area contributed by atoms with E-state index >= 15 is 0 Å². The second-order valence-electron chi connectivity index (χ2n) is 3.82. The molecule has 0 unspecified atom stereocenters. The van der Waals surface area contributed by atoms with Crippen molar-refractivity contribution < 1.29 is 0 Å². The molecule has 12 heavy (non-hydrogen) atoms. The Bertz CT molecular complexity index is 213. The lowest BCUT2D eigenvalue weighted by Gasteiger charge is -2.15. The Morgan fingerprint density at radius 1 is 1.50 bits per heavy atom. The van der Waals surface area contributed by atoms with E-state index in [0.29, 0.717) is 5.41 Å². The van der Waals surface area contributed by atoms with Crippen molar-refractivity contribution in [2.45, 2.75) is 25.8 Å². The number of hydrogen-bond acceptors (Lipinski definition) is 3. The van der Waals surface area contributed by atoms with E-state index in [0.717, 1.165) is 10.8 Å². The van der Waals surface area contributed by atoms with Gasteiger partial charge in [0, 0.05) is 5.75 Å². The first-order chi connectivity index (χ1) is 5.58. The number of H-pyrrole nitrogens is 1. The third-order valence-corrected chi connectivity index (χ3v) is 3.86. The number of nitrogens with one attached hydrogen (secondary N) is 1. The minimum absolute atomic E-state index is 0.400. The van der Waals surface area contributed by atoms with Gasteiger partial charge in [0.25, 0.3) is 0 Å². The molecule has 0 saturated heterocycles. The van der Waals surface area contributed by atoms with E-state index in [4.69, 9.17) is 0 Å². The number of aromatic nitrogens is 2. The molecule has 1 rings (SSSR count). The monoisotopic (exact) mass is 202 g/mol. The molecule has 1 heterocycles. The SMILES string of the molecule is CC(C)(C)CSSc1cnc[nH]1. The van der Waals surface area contributed by atoms with Crippen LogP contribution in [-0.4, -0.2) is 15.7 Å². The molecule has 2 nitrogen and oxygen atoms in total. The summed E-state index contributed by atoms with van der Waals surface area (Å²) in [5.74, 6) is 1.15. The highest BCUT2D eigenvalue weighted by atomic mass is 33.1. The van der Waals surface area contributed by atoms with E-state index in [1.54, 1.807) is 17.1 Å². The van der Waals surface area contributed by atoms with Crippen molar-refractivity contribution in [1.82, 2.24) is 9.97 Å². The Kier molecular flexibility index (Phi) is 3.53. The number of aromatic amines is 1. The van der Waals surface area contributed by atoms with E-state index in [2.05, 4.69) is 30.7 Å². The van der Waals surface area contributed by atoms with Crippen molar-refractivity contribution in [3.63, 3.8) is 0 Å². The predicted octanol–water partition coefficient (Wildman–Crippen LogP) is 3.20. The van der Waals surface area contributed by atoms with Crippen LogP contribution >= 0.6 is 21.6 Å². The zero-order valence-electron chi connectivity index (χ0n) is 7.63. The summed E-state index contributed by atoms with van der Waals surface area (Å²) in [6.07, 6.45) is 3.56. The first kappa shape index (κ1) is 9.99. The molecule has 0 atom stereocenters. The second kappa shape index (κ2) is 4.23. The Labute approximate surface area is 81.3 Å². The third-order valence-electron chi connectivity index (χ3n) is 1.11. The van der Waals surface area contributed by atoms with Crippen LogP contribution in [0.25, 0.3) is 0 Å². The van der Waals surface area contributed by atoms with Crippen molar-refractivity contribution in [2.75, 3.05) is 5.75 Å². The minimum atomic E-state index is 0.400. The standard InChI is InChI=1S/C8H14N2S2/c1-8(2,3)5-11-12-7-4-9-6-10-7/h4,6H,5H2,1-3H3,(H,9,10). The molecule has 0 amide bonds. The Morgan fingerprint density at radius 3 is 2.75 bits per heavy atom. The van der Waals surface area contributed by atoms with Gasteiger partial charge >= 0.3 is 0 Å². The highest BCUT2D eigenvalue weighted by Gasteiger charge is 2.10. The van der Waals surface area contributed by atoms with Gasteiger partial charge in [0.1, 0.15) is 5.03 Å². The van der Waals surface area contributed by atoms with Gasteiger partial charge in [0.05, 0.1) is 12.5 Å². The van der Waals surface area contributed by atoms with Gasteiger partial charge in [-0.25, -0.2) is 4.98 Å². The van der Waals surface area contributed by atoms with Crippen LogP contribution in [-0.2, 0) is 0 Å². The molecule has 1 N–H and O–H groups in total. The van der Waals surface area contributed by atoms with Crippen LogP contribution in [0.4, 0.5) is 0 Å². The number of imidazole rings is 1. The molecule has 4 heteroatoms. The fourth-order valence-corrected chi connectivity index (χ4v) is 3.19. The maximum absolute atomic E-state index is 3.95. The normalized spacial score (nSPS) is 11.9. The lowest BCUT2D eigenvalue weighted by atomic mass is 10.0. The van der Waals surface area contributed by atoms with Crippen LogP contribution in [0.1, 0.15) is 20.8 Å². The molecule has 0 radical (unpaired) electrons. The van der Waals surface area contributed by atoms with Crippen LogP contribution < -0.4 is 0 Å². The summed E-state index contributed by atoms with van der Waals surface area (Å²) in [4.78, 5) is 7.00. The van der Waals surface area contributed by atoms with Crippen LogP contribution in [0.15, 0.2) is 17.6 Å². The smallest absolute Gasteiger partial charge is 0.103 e. The van der Waals surface area contributed by atoms with E-state index in [-0.39, 0.29) is 0 Å². The van der Waals surface area contributed by atoms with Gasteiger partial charge in [-0.2, -0.15) is 0 Å². The van der Waals surface area contributed by atoms with Gasteiger partial charge in [0.2, 0.25) is 0 Å². The quantitative estimate of drug-likeness (QED) is 0.763. The largest absolute Gasteiger partial charge is 0.339 e. The highest BCUT2D eigenvalue weighted by Crippen LogP contribution is 2.33. The van der Waals surface area contributed by atoms with E-state index in [1.165, 1.54) is 0 Å². The minimum Gasteiger partial charge on any atom is -0.339 e. The second-order valence-corrected chi connectivity index (χ2v) is 6.16. The molecule has 0 spiro atoms. The Balaban J connectivity index is 2.20. The maximum atomic E-state index is 3.95. The van der Waals surface area contributed by atoms with Crippen molar-refractivity contribution in [1.29, 1.82) is 0 Å². The third kappa shape index (κ3) is 4.07. The summed E-state index contributed by atoms with van der Waals surface area (Å²) in [6.45, 7) is 6.73. The molecular weight excluding hydrogens is 188 g/mol. The zero-order chi connectivity index (χ0) is 9.03. The van der Waals surface area contributed by atoms with Crippen LogP contribution in [0, 0.1) is 5.41 Å². The number of rotatable bonds is 3. The van der Waals surface area contributed by atoms with Gasteiger partial charge in [-0.1, -0.05) is 31.6 Å². The molecule has 0 fully saturated rings. The van der Waals surface area contributed by atoms with Crippen molar-refractivity contribution in [3.05, 3.63) is 12.5 Å². The fraction of sp³-hybridized carbons (Fsp3) is 0.625. The van der Waals surface area contributed by atoms with Crippen LogP contribution in [0.5, 0.6) is 0 Å². The molecular formula is C8H14N2S2. The average molecular weight is 202 g/mol. The summed E-state index contributed by atoms with van der Waals surface area (Å²) < 4.78 is 0. The molecule has 1 aromatic heterocycles. The van der Waals surface area contributed by atoms with Gasteiger partial charge < -0.3 is 4.98 Å². The van der Waals surface area contributed by atoms with Crippen molar-refractivity contribution in [2.24, 2.45) is 5.41 Å². The summed E-state index contributed by atoms with van der Waals surface area (Å²) in [7, 11) is 3.62. The van der Waals surface area contributed by atoms with Gasteiger partial charge in [-0.05, 0) is 16.2 Å². The Morgan fingerprint density at radius 2 is 2.25 bits per heavy atom. The Hall–Kier alpha value is -0.0900. The van der Waals surface area contributed by atoms with Crippen molar-refractivity contribution >= 4 is 21.6 Å². The summed E-state index contributed by atoms with van der Waals surface area (Å²) in [6, 6.07) is 0. The van der Waals surface area contributed by atoms with Gasteiger partial charge in [-0.3, -0.25) is 0 Å². The highest BCUT2D eigenvalue weighted by molar-refractivity contribution is 8.76. The first-order valence-electron chi connectivity index (χ1n) is 3.86. The zero-order valence-corrected chi connectivity index (χ0v) is 9.26. The predicted molar refractivity (Wildman–Crippen MR) is 56.4 cm³/mol.